The molecule has 3 aromatic rings. The van der Waals surface area contributed by atoms with Crippen LogP contribution >= 0.6 is 0 Å². The molecule has 25 heavy (non-hydrogen) atoms. The van der Waals surface area contributed by atoms with Crippen molar-refractivity contribution >= 4 is 23.1 Å². The highest BCUT2D eigenvalue weighted by Gasteiger charge is 2.18. The third-order valence-electron chi connectivity index (χ3n) is 4.63. The normalized spacial score (nSPS) is 18.6. The molecule has 1 aliphatic rings. The molecular formula is C22H20N2O. The molecule has 0 bridgehead atoms. The third-order valence-corrected chi connectivity index (χ3v) is 4.63. The summed E-state index contributed by atoms with van der Waals surface area (Å²) in [6, 6.07) is 16.7. The van der Waals surface area contributed by atoms with Crippen LogP contribution < -0.4 is 4.74 Å². The van der Waals surface area contributed by atoms with Crippen LogP contribution in [-0.2, 0) is 0 Å². The van der Waals surface area contributed by atoms with Gasteiger partial charge in [0, 0.05) is 18.6 Å². The summed E-state index contributed by atoms with van der Waals surface area (Å²) < 4.78 is 5.35. The number of aliphatic imine (C=N–C) groups is 1. The van der Waals surface area contributed by atoms with E-state index >= 15 is 0 Å². The van der Waals surface area contributed by atoms with Gasteiger partial charge in [-0.2, -0.15) is 0 Å². The lowest BCUT2D eigenvalue weighted by Crippen LogP contribution is -2.06. The minimum absolute atomic E-state index is 0.0657. The Labute approximate surface area is 147 Å². The average molecular weight is 328 g/mol. The highest BCUT2D eigenvalue weighted by Crippen LogP contribution is 2.34. The summed E-state index contributed by atoms with van der Waals surface area (Å²) in [5.41, 5.74) is 3.70. The number of pyridine rings is 1. The van der Waals surface area contributed by atoms with Gasteiger partial charge in [0.25, 0.3) is 0 Å². The monoisotopic (exact) mass is 328 g/mol. The molecule has 1 atom stereocenters. The maximum atomic E-state index is 5.35. The highest BCUT2D eigenvalue weighted by molar-refractivity contribution is 5.92. The van der Waals surface area contributed by atoms with Crippen molar-refractivity contribution in [2.24, 2.45) is 4.99 Å². The largest absolute Gasteiger partial charge is 0.497 e. The zero-order valence-electron chi connectivity index (χ0n) is 14.2. The van der Waals surface area contributed by atoms with Gasteiger partial charge in [-0.3, -0.25) is 9.98 Å². The van der Waals surface area contributed by atoms with Crippen LogP contribution in [0, 0.1) is 0 Å². The van der Waals surface area contributed by atoms with Crippen LogP contribution in [-0.4, -0.2) is 18.3 Å². The van der Waals surface area contributed by atoms with E-state index < -0.39 is 0 Å². The number of hydrogen-bond acceptors (Lipinski definition) is 3. The average Bonchev–Trinajstić information content (AvgIpc) is 2.69. The number of methoxy groups -OCH3 is 1. The lowest BCUT2D eigenvalue weighted by Gasteiger charge is -2.20. The van der Waals surface area contributed by atoms with Crippen LogP contribution in [0.5, 0.6) is 5.75 Å². The quantitative estimate of drug-likeness (QED) is 0.659. The molecule has 0 radical (unpaired) electrons. The van der Waals surface area contributed by atoms with E-state index in [1.165, 1.54) is 21.9 Å². The van der Waals surface area contributed by atoms with Crippen LogP contribution in [0.15, 0.2) is 71.5 Å². The van der Waals surface area contributed by atoms with Crippen molar-refractivity contribution in [1.29, 1.82) is 0 Å². The molecular weight excluding hydrogens is 308 g/mol. The SMILES string of the molecule is COc1ccc2c(C=C3CCC=NC3c3cccnc3)cccc2c1. The first kappa shape index (κ1) is 15.6. The fraction of sp³-hybridized carbons (Fsp3) is 0.182. The standard InChI is InChI=1S/C22H20N2O/c1-25-20-9-10-21-16(5-2-6-17(21)14-20)13-18-7-4-12-24-22(18)19-8-3-11-23-15-19/h2-3,5-6,8-15,22H,4,7H2,1H3. The molecule has 1 aliphatic heterocycles. The molecule has 2 heterocycles. The van der Waals surface area contributed by atoms with Gasteiger partial charge in [0.05, 0.1) is 13.2 Å². The van der Waals surface area contributed by atoms with Crippen molar-refractivity contribution in [2.75, 3.05) is 7.11 Å². The van der Waals surface area contributed by atoms with Crippen LogP contribution in [0.1, 0.15) is 30.0 Å². The Balaban J connectivity index is 1.79. The third kappa shape index (κ3) is 3.18. The molecule has 1 unspecified atom stereocenters. The first-order chi connectivity index (χ1) is 12.3. The first-order valence-electron chi connectivity index (χ1n) is 8.54. The molecule has 0 saturated carbocycles. The van der Waals surface area contributed by atoms with Crippen molar-refractivity contribution in [3.63, 3.8) is 0 Å². The molecule has 3 nitrogen and oxygen atoms in total. The van der Waals surface area contributed by atoms with E-state index in [0.717, 1.165) is 24.2 Å². The number of aromatic nitrogens is 1. The summed E-state index contributed by atoms with van der Waals surface area (Å²) in [7, 11) is 1.70. The van der Waals surface area contributed by atoms with Crippen LogP contribution in [0.3, 0.4) is 0 Å². The second kappa shape index (κ2) is 6.89. The lowest BCUT2D eigenvalue weighted by atomic mass is 9.91. The van der Waals surface area contributed by atoms with Crippen molar-refractivity contribution in [1.82, 2.24) is 4.98 Å². The molecule has 124 valence electrons. The molecule has 0 fully saturated rings. The molecule has 3 heteroatoms. The number of fused-ring (bicyclic) bond motifs is 1. The maximum Gasteiger partial charge on any atom is 0.119 e. The molecule has 0 saturated heterocycles. The van der Waals surface area contributed by atoms with Gasteiger partial charge in [-0.15, -0.1) is 0 Å². The number of hydrogen-bond donors (Lipinski definition) is 0. The van der Waals surface area contributed by atoms with E-state index in [4.69, 9.17) is 9.73 Å². The van der Waals surface area contributed by atoms with E-state index in [1.54, 1.807) is 13.3 Å². The van der Waals surface area contributed by atoms with Gasteiger partial charge in [0.2, 0.25) is 0 Å². The summed E-state index contributed by atoms with van der Waals surface area (Å²) in [4.78, 5) is 8.99. The van der Waals surface area contributed by atoms with Gasteiger partial charge in [0.1, 0.15) is 5.75 Å². The predicted octanol–water partition coefficient (Wildman–Crippen LogP) is 5.23. The fourth-order valence-corrected chi connectivity index (χ4v) is 3.37. The summed E-state index contributed by atoms with van der Waals surface area (Å²) in [5, 5.41) is 2.42. The zero-order chi connectivity index (χ0) is 17.1. The van der Waals surface area contributed by atoms with E-state index in [0.29, 0.717) is 0 Å². The molecule has 0 amide bonds. The molecule has 0 N–H and O–H groups in total. The second-order valence-corrected chi connectivity index (χ2v) is 6.21. The van der Waals surface area contributed by atoms with E-state index in [9.17, 15) is 0 Å². The Kier molecular flexibility index (Phi) is 4.30. The molecule has 1 aromatic heterocycles. The van der Waals surface area contributed by atoms with Crippen molar-refractivity contribution in [3.05, 3.63) is 77.6 Å². The van der Waals surface area contributed by atoms with Crippen LogP contribution in [0.25, 0.3) is 16.8 Å². The Bertz CT molecular complexity index is 945. The van der Waals surface area contributed by atoms with E-state index in [1.807, 2.05) is 24.5 Å². The summed E-state index contributed by atoms with van der Waals surface area (Å²) in [5.74, 6) is 0.882. The van der Waals surface area contributed by atoms with Crippen molar-refractivity contribution in [3.8, 4) is 5.75 Å². The number of nitrogens with zero attached hydrogens (tertiary/aromatic N) is 2. The summed E-state index contributed by atoms with van der Waals surface area (Å²) in [6.45, 7) is 0. The maximum absolute atomic E-state index is 5.35. The Morgan fingerprint density at radius 3 is 2.92 bits per heavy atom. The van der Waals surface area contributed by atoms with Gasteiger partial charge in [-0.1, -0.05) is 36.4 Å². The van der Waals surface area contributed by atoms with Gasteiger partial charge < -0.3 is 4.74 Å². The Hall–Kier alpha value is -2.94. The Morgan fingerprint density at radius 2 is 2.08 bits per heavy atom. The van der Waals surface area contributed by atoms with Gasteiger partial charge in [-0.25, -0.2) is 0 Å². The molecule has 0 aliphatic carbocycles. The summed E-state index contributed by atoms with van der Waals surface area (Å²) >= 11 is 0. The van der Waals surface area contributed by atoms with Crippen molar-refractivity contribution in [2.45, 2.75) is 18.9 Å². The first-order valence-corrected chi connectivity index (χ1v) is 8.54. The number of ether oxygens (including phenoxy) is 1. The highest BCUT2D eigenvalue weighted by atomic mass is 16.5. The van der Waals surface area contributed by atoms with Gasteiger partial charge >= 0.3 is 0 Å². The fourth-order valence-electron chi connectivity index (χ4n) is 3.37. The number of benzene rings is 2. The van der Waals surface area contributed by atoms with Crippen molar-refractivity contribution < 1.29 is 4.74 Å². The van der Waals surface area contributed by atoms with E-state index in [2.05, 4.69) is 47.5 Å². The zero-order valence-corrected chi connectivity index (χ0v) is 14.2. The number of rotatable bonds is 3. The lowest BCUT2D eigenvalue weighted by molar-refractivity contribution is 0.415. The minimum Gasteiger partial charge on any atom is -0.497 e. The Morgan fingerprint density at radius 1 is 1.12 bits per heavy atom. The minimum atomic E-state index is 0.0657. The molecule has 0 spiro atoms. The second-order valence-electron chi connectivity index (χ2n) is 6.21. The molecule has 4 rings (SSSR count). The van der Waals surface area contributed by atoms with Gasteiger partial charge in [0.15, 0.2) is 0 Å². The van der Waals surface area contributed by atoms with E-state index in [-0.39, 0.29) is 6.04 Å². The van der Waals surface area contributed by atoms with Crippen LogP contribution in [0.4, 0.5) is 0 Å². The summed E-state index contributed by atoms with van der Waals surface area (Å²) in [6.07, 6.45) is 10.1. The smallest absolute Gasteiger partial charge is 0.119 e. The topological polar surface area (TPSA) is 34.5 Å². The van der Waals surface area contributed by atoms with Gasteiger partial charge in [-0.05, 0) is 58.5 Å². The van der Waals surface area contributed by atoms with Crippen LogP contribution in [0.2, 0.25) is 0 Å². The predicted molar refractivity (Wildman–Crippen MR) is 103 cm³/mol. The molecule has 2 aromatic carbocycles.